The number of ether oxygens (including phenoxy) is 1. The van der Waals surface area contributed by atoms with Gasteiger partial charge in [-0.15, -0.1) is 0 Å². The van der Waals surface area contributed by atoms with Gasteiger partial charge in [-0.3, -0.25) is 9.69 Å². The van der Waals surface area contributed by atoms with Crippen LogP contribution in [0.1, 0.15) is 41.0 Å². The number of carbonyl (C=O) groups excluding carboxylic acids is 1. The number of nitrogens with two attached hydrogens (primary N) is 1. The largest absolute Gasteiger partial charge is 0.376 e. The van der Waals surface area contributed by atoms with E-state index in [1.165, 1.54) is 0 Å². The van der Waals surface area contributed by atoms with Crippen molar-refractivity contribution in [2.45, 2.75) is 64.8 Å². The van der Waals surface area contributed by atoms with E-state index in [2.05, 4.69) is 24.1 Å². The van der Waals surface area contributed by atoms with Crippen molar-refractivity contribution in [1.29, 1.82) is 0 Å². The first-order valence-corrected chi connectivity index (χ1v) is 7.11. The van der Waals surface area contributed by atoms with Gasteiger partial charge in [0.1, 0.15) is 0 Å². The average molecular weight is 271 g/mol. The minimum atomic E-state index is -0.194. The van der Waals surface area contributed by atoms with Crippen molar-refractivity contribution < 1.29 is 9.53 Å². The molecule has 0 aliphatic carbocycles. The van der Waals surface area contributed by atoms with E-state index in [0.29, 0.717) is 25.6 Å². The van der Waals surface area contributed by atoms with Crippen LogP contribution in [0.3, 0.4) is 0 Å². The van der Waals surface area contributed by atoms with Crippen LogP contribution in [0.5, 0.6) is 0 Å². The second-order valence-electron chi connectivity index (χ2n) is 6.58. The zero-order chi connectivity index (χ0) is 14.6. The summed E-state index contributed by atoms with van der Waals surface area (Å²) in [5, 5.41) is 3.00. The lowest BCUT2D eigenvalue weighted by Gasteiger charge is -2.41. The number of nitrogens with one attached hydrogen (secondary N) is 1. The van der Waals surface area contributed by atoms with E-state index >= 15 is 0 Å². The molecule has 5 heteroatoms. The van der Waals surface area contributed by atoms with Gasteiger partial charge in [0.2, 0.25) is 5.91 Å². The molecule has 19 heavy (non-hydrogen) atoms. The molecule has 1 aliphatic heterocycles. The van der Waals surface area contributed by atoms with Crippen LogP contribution in [0.4, 0.5) is 0 Å². The molecule has 1 fully saturated rings. The fourth-order valence-electron chi connectivity index (χ4n) is 2.46. The number of nitrogens with zero attached hydrogens (tertiary/aromatic N) is 1. The van der Waals surface area contributed by atoms with Gasteiger partial charge in [-0.1, -0.05) is 0 Å². The first-order valence-electron chi connectivity index (χ1n) is 7.11. The van der Waals surface area contributed by atoms with Gasteiger partial charge in [0.05, 0.1) is 12.7 Å². The minimum absolute atomic E-state index is 0.0642. The molecule has 3 unspecified atom stereocenters. The third kappa shape index (κ3) is 5.47. The molecular weight excluding hydrogens is 242 g/mol. The van der Waals surface area contributed by atoms with Gasteiger partial charge in [-0.25, -0.2) is 0 Å². The predicted molar refractivity (Wildman–Crippen MR) is 76.9 cm³/mol. The molecule has 3 atom stereocenters. The second kappa shape index (κ2) is 6.68. The molecular formula is C14H29N3O2. The standard InChI is InChI=1S/C14H29N3O2/c1-10-9-19-11(2)8-17(10)12(7-15)6-13(18)16-14(3,4)5/h10-12H,6-9,15H2,1-5H3,(H,16,18). The minimum Gasteiger partial charge on any atom is -0.376 e. The summed E-state index contributed by atoms with van der Waals surface area (Å²) < 4.78 is 5.62. The van der Waals surface area contributed by atoms with Gasteiger partial charge >= 0.3 is 0 Å². The fourth-order valence-corrected chi connectivity index (χ4v) is 2.46. The first-order chi connectivity index (χ1) is 8.73. The van der Waals surface area contributed by atoms with Crippen LogP contribution in [-0.4, -0.2) is 54.2 Å². The first kappa shape index (κ1) is 16.4. The Balaban J connectivity index is 2.59. The van der Waals surface area contributed by atoms with Gasteiger partial charge in [-0.2, -0.15) is 0 Å². The zero-order valence-electron chi connectivity index (χ0n) is 12.9. The van der Waals surface area contributed by atoms with E-state index in [1.54, 1.807) is 0 Å². The van der Waals surface area contributed by atoms with Crippen LogP contribution in [-0.2, 0) is 9.53 Å². The molecule has 1 aliphatic rings. The lowest BCUT2D eigenvalue weighted by Crippen LogP contribution is -2.56. The molecule has 1 saturated heterocycles. The van der Waals surface area contributed by atoms with E-state index in [1.807, 2.05) is 20.8 Å². The van der Waals surface area contributed by atoms with E-state index in [-0.39, 0.29) is 23.6 Å². The molecule has 3 N–H and O–H groups in total. The number of carbonyl (C=O) groups is 1. The van der Waals surface area contributed by atoms with Crippen LogP contribution in [0.15, 0.2) is 0 Å². The molecule has 0 spiro atoms. The maximum Gasteiger partial charge on any atom is 0.222 e. The normalized spacial score (nSPS) is 27.1. The molecule has 0 radical (unpaired) electrons. The molecule has 0 bridgehead atoms. The van der Waals surface area contributed by atoms with Crippen LogP contribution < -0.4 is 11.1 Å². The molecule has 0 aromatic rings. The van der Waals surface area contributed by atoms with Gasteiger partial charge < -0.3 is 15.8 Å². The lowest BCUT2D eigenvalue weighted by atomic mass is 10.0. The monoisotopic (exact) mass is 271 g/mol. The third-order valence-corrected chi connectivity index (χ3v) is 3.33. The Hall–Kier alpha value is -0.650. The molecule has 1 amide bonds. The van der Waals surface area contributed by atoms with Gasteiger partial charge in [0, 0.05) is 37.1 Å². The van der Waals surface area contributed by atoms with Gasteiger partial charge in [0.25, 0.3) is 0 Å². The Morgan fingerprint density at radius 3 is 2.63 bits per heavy atom. The highest BCUT2D eigenvalue weighted by Gasteiger charge is 2.30. The number of rotatable bonds is 4. The Labute approximate surface area is 116 Å². The molecule has 0 aromatic heterocycles. The van der Waals surface area contributed by atoms with Gasteiger partial charge in [-0.05, 0) is 34.6 Å². The molecule has 0 saturated carbocycles. The third-order valence-electron chi connectivity index (χ3n) is 3.33. The Morgan fingerprint density at radius 1 is 1.47 bits per heavy atom. The maximum absolute atomic E-state index is 12.0. The van der Waals surface area contributed by atoms with E-state index in [0.717, 1.165) is 6.54 Å². The van der Waals surface area contributed by atoms with Crippen molar-refractivity contribution in [2.75, 3.05) is 19.7 Å². The number of morpholine rings is 1. The van der Waals surface area contributed by atoms with Crippen LogP contribution in [0.2, 0.25) is 0 Å². The molecule has 5 nitrogen and oxygen atoms in total. The number of hydrogen-bond donors (Lipinski definition) is 2. The molecule has 0 aromatic carbocycles. The summed E-state index contributed by atoms with van der Waals surface area (Å²) in [6.45, 7) is 12.2. The van der Waals surface area contributed by atoms with Crippen molar-refractivity contribution >= 4 is 5.91 Å². The quantitative estimate of drug-likeness (QED) is 0.791. The lowest BCUT2D eigenvalue weighted by molar-refractivity contribution is -0.125. The van der Waals surface area contributed by atoms with Crippen LogP contribution >= 0.6 is 0 Å². The molecule has 112 valence electrons. The summed E-state index contributed by atoms with van der Waals surface area (Å²) >= 11 is 0. The summed E-state index contributed by atoms with van der Waals surface area (Å²) in [7, 11) is 0. The van der Waals surface area contributed by atoms with E-state index in [4.69, 9.17) is 10.5 Å². The van der Waals surface area contributed by atoms with Crippen LogP contribution in [0.25, 0.3) is 0 Å². The average Bonchev–Trinajstić information content (AvgIpc) is 2.27. The second-order valence-corrected chi connectivity index (χ2v) is 6.58. The Morgan fingerprint density at radius 2 is 2.11 bits per heavy atom. The Kier molecular flexibility index (Phi) is 5.77. The van der Waals surface area contributed by atoms with Crippen molar-refractivity contribution in [3.8, 4) is 0 Å². The fraction of sp³-hybridized carbons (Fsp3) is 0.929. The highest BCUT2D eigenvalue weighted by molar-refractivity contribution is 5.77. The predicted octanol–water partition coefficient (Wildman–Crippen LogP) is 0.728. The highest BCUT2D eigenvalue weighted by Crippen LogP contribution is 2.16. The summed E-state index contributed by atoms with van der Waals surface area (Å²) in [6.07, 6.45) is 0.654. The van der Waals surface area contributed by atoms with Gasteiger partial charge in [0.15, 0.2) is 0 Å². The summed E-state index contributed by atoms with van der Waals surface area (Å²) in [6, 6.07) is 0.399. The van der Waals surface area contributed by atoms with Crippen molar-refractivity contribution in [2.24, 2.45) is 5.73 Å². The molecule has 1 heterocycles. The van der Waals surface area contributed by atoms with E-state index in [9.17, 15) is 4.79 Å². The van der Waals surface area contributed by atoms with E-state index < -0.39 is 0 Å². The number of amides is 1. The topological polar surface area (TPSA) is 67.6 Å². The summed E-state index contributed by atoms with van der Waals surface area (Å²) in [5.74, 6) is 0.0642. The molecule has 1 rings (SSSR count). The SMILES string of the molecule is CC1CN(C(CN)CC(=O)NC(C)(C)C)C(C)CO1. The maximum atomic E-state index is 12.0. The zero-order valence-corrected chi connectivity index (χ0v) is 12.9. The summed E-state index contributed by atoms with van der Waals surface area (Å²) in [5.41, 5.74) is 5.67. The summed E-state index contributed by atoms with van der Waals surface area (Å²) in [4.78, 5) is 14.3. The van der Waals surface area contributed by atoms with Crippen molar-refractivity contribution in [3.63, 3.8) is 0 Å². The Bertz CT molecular complexity index is 302. The van der Waals surface area contributed by atoms with Crippen molar-refractivity contribution in [1.82, 2.24) is 10.2 Å². The number of hydrogen-bond acceptors (Lipinski definition) is 4. The smallest absolute Gasteiger partial charge is 0.222 e. The van der Waals surface area contributed by atoms with Crippen molar-refractivity contribution in [3.05, 3.63) is 0 Å². The highest BCUT2D eigenvalue weighted by atomic mass is 16.5. The van der Waals surface area contributed by atoms with Crippen LogP contribution in [0, 0.1) is 0 Å².